The largest absolute Gasteiger partial charge is 0.478 e. The zero-order valence-corrected chi connectivity index (χ0v) is 36.0. The van der Waals surface area contributed by atoms with Crippen LogP contribution in [0.5, 0.6) is 0 Å². The van der Waals surface area contributed by atoms with E-state index in [0.29, 0.717) is 30.4 Å². The van der Waals surface area contributed by atoms with E-state index in [0.717, 1.165) is 99.8 Å². The number of amides is 1. The first-order valence-corrected chi connectivity index (χ1v) is 22.4. The molecule has 0 bridgehead atoms. The zero-order valence-electron chi connectivity index (χ0n) is 36.0. The summed E-state index contributed by atoms with van der Waals surface area (Å²) in [5.41, 5.74) is 8.73. The third kappa shape index (κ3) is 9.00. The van der Waals surface area contributed by atoms with Crippen molar-refractivity contribution in [1.82, 2.24) is 14.0 Å². The Morgan fingerprint density at radius 2 is 1.22 bits per heavy atom. The normalized spacial score (nSPS) is 23.0. The zero-order chi connectivity index (χ0) is 41.4. The maximum atomic E-state index is 13.6. The van der Waals surface area contributed by atoms with Crippen LogP contribution in [0.4, 0.5) is 0 Å². The number of fused-ring (bicyclic) bond motifs is 6. The summed E-state index contributed by atoms with van der Waals surface area (Å²) in [6.07, 6.45) is 13.9. The number of carboxylic acid groups (broad SMARTS) is 1. The number of rotatable bonds is 6. The van der Waals surface area contributed by atoms with E-state index in [1.54, 1.807) is 6.07 Å². The predicted octanol–water partition coefficient (Wildman–Crippen LogP) is 8.70. The van der Waals surface area contributed by atoms with Gasteiger partial charge in [-0.2, -0.15) is 0 Å². The summed E-state index contributed by atoms with van der Waals surface area (Å²) in [6.45, 7) is 10.6. The summed E-state index contributed by atoms with van der Waals surface area (Å²) in [5, 5.41) is 11.7. The number of ether oxygens (including phenoxy) is 3. The highest BCUT2D eigenvalue weighted by Gasteiger charge is 2.33. The van der Waals surface area contributed by atoms with E-state index in [1.807, 2.05) is 43.9 Å². The molecule has 4 aromatic rings. The van der Waals surface area contributed by atoms with Crippen molar-refractivity contribution in [3.63, 3.8) is 0 Å². The fourth-order valence-electron chi connectivity index (χ4n) is 11.3. The van der Waals surface area contributed by atoms with E-state index in [2.05, 4.69) is 35.4 Å². The Hall–Kier alpha value is -4.15. The van der Waals surface area contributed by atoms with Gasteiger partial charge in [0, 0.05) is 92.4 Å². The Kier molecular flexibility index (Phi) is 12.3. The van der Waals surface area contributed by atoms with Crippen LogP contribution in [-0.2, 0) is 58.8 Å². The van der Waals surface area contributed by atoms with Crippen LogP contribution in [0.25, 0.3) is 21.8 Å². The van der Waals surface area contributed by atoms with Crippen LogP contribution >= 0.6 is 0 Å². The van der Waals surface area contributed by atoms with E-state index < -0.39 is 11.6 Å². The number of carbonyl (C=O) groups is 3. The van der Waals surface area contributed by atoms with Gasteiger partial charge < -0.3 is 33.4 Å². The van der Waals surface area contributed by atoms with E-state index >= 15 is 0 Å². The number of aromatic carboxylic acids is 1. The summed E-state index contributed by atoms with van der Waals surface area (Å²) in [6, 6.07) is 11.8. The molecule has 3 atom stereocenters. The molecule has 5 aliphatic rings. The number of likely N-dealkylation sites (tertiary alicyclic amines) is 1. The first kappa shape index (κ1) is 41.6. The molecular formula is C49H65N3O7. The topological polar surface area (TPSA) is 112 Å². The Bertz CT molecular complexity index is 2180. The van der Waals surface area contributed by atoms with Crippen molar-refractivity contribution in [3.8, 4) is 0 Å². The number of aryl methyl sites for hydroxylation is 2. The Morgan fingerprint density at radius 1 is 0.712 bits per heavy atom. The minimum absolute atomic E-state index is 0.0835. The van der Waals surface area contributed by atoms with Crippen molar-refractivity contribution in [2.75, 3.05) is 39.5 Å². The Labute approximate surface area is 349 Å². The third-order valence-corrected chi connectivity index (χ3v) is 14.3. The van der Waals surface area contributed by atoms with Gasteiger partial charge in [-0.3, -0.25) is 9.59 Å². The third-order valence-electron chi connectivity index (χ3n) is 14.3. The molecule has 10 nitrogen and oxygen atoms in total. The van der Waals surface area contributed by atoms with Crippen molar-refractivity contribution in [2.45, 2.75) is 110 Å². The first-order chi connectivity index (χ1) is 28.3. The van der Waals surface area contributed by atoms with Crippen LogP contribution in [0.15, 0.2) is 36.4 Å². The van der Waals surface area contributed by atoms with Crippen molar-refractivity contribution in [3.05, 3.63) is 70.0 Å². The maximum absolute atomic E-state index is 13.6. The second kappa shape index (κ2) is 17.4. The van der Waals surface area contributed by atoms with Crippen LogP contribution in [0.2, 0.25) is 0 Å². The molecule has 0 radical (unpaired) electrons. The second-order valence-corrected chi connectivity index (χ2v) is 19.2. The van der Waals surface area contributed by atoms with Crippen molar-refractivity contribution in [2.24, 2.45) is 43.7 Å². The first-order valence-electron chi connectivity index (χ1n) is 22.4. The molecule has 0 saturated carbocycles. The van der Waals surface area contributed by atoms with Gasteiger partial charge in [0.1, 0.15) is 5.60 Å². The number of aromatic nitrogens is 2. The van der Waals surface area contributed by atoms with Gasteiger partial charge in [-0.1, -0.05) is 0 Å². The molecule has 0 spiro atoms. The molecule has 1 amide bonds. The predicted molar refractivity (Wildman–Crippen MR) is 230 cm³/mol. The average molecular weight is 808 g/mol. The standard InChI is InChI=1S/C30H42N2O4.C19H23NO3/c1-30(2,3)36-28(33)16-20-6-5-13-32(19-20)29(34)23-8-10-27-25(18-23)24-17-22(7-9-26(24)31(27)4)21-11-14-35-15-12-21;1-20-17-4-2-13(12-6-8-23-9-7-12)10-15(17)16-11-14(19(21)22)3-5-18(16)20/h8,10,18,20-22H,5-7,9,11-17,19H2,1-4H3;3,5,11-13H,2,4,6-10H2,1H3,(H,21,22)/t20-,22-;13-/m11/s1. The minimum atomic E-state index is -0.846. The lowest BCUT2D eigenvalue weighted by Gasteiger charge is -2.33. The van der Waals surface area contributed by atoms with E-state index in [-0.39, 0.29) is 17.8 Å². The molecule has 3 saturated heterocycles. The maximum Gasteiger partial charge on any atom is 0.335 e. The van der Waals surface area contributed by atoms with Gasteiger partial charge in [-0.15, -0.1) is 0 Å². The van der Waals surface area contributed by atoms with E-state index in [4.69, 9.17) is 14.2 Å². The molecule has 2 aromatic heterocycles. The quantitative estimate of drug-likeness (QED) is 0.194. The second-order valence-electron chi connectivity index (χ2n) is 19.2. The smallest absolute Gasteiger partial charge is 0.335 e. The van der Waals surface area contributed by atoms with Crippen LogP contribution in [0, 0.1) is 29.6 Å². The summed E-state index contributed by atoms with van der Waals surface area (Å²) >= 11 is 0. The van der Waals surface area contributed by atoms with Crippen LogP contribution in [0.3, 0.4) is 0 Å². The van der Waals surface area contributed by atoms with E-state index in [1.165, 1.54) is 71.9 Å². The Morgan fingerprint density at radius 3 is 1.73 bits per heavy atom. The molecule has 318 valence electrons. The number of piperidine rings is 1. The molecule has 3 fully saturated rings. The highest BCUT2D eigenvalue weighted by molar-refractivity contribution is 5.99. The molecular weight excluding hydrogens is 743 g/mol. The molecule has 5 heterocycles. The lowest BCUT2D eigenvalue weighted by molar-refractivity contribution is -0.156. The molecule has 3 aliphatic heterocycles. The number of esters is 1. The van der Waals surface area contributed by atoms with Crippen molar-refractivity contribution in [1.29, 1.82) is 0 Å². The number of hydrogen-bond donors (Lipinski definition) is 1. The van der Waals surface area contributed by atoms with Gasteiger partial charge in [-0.25, -0.2) is 4.79 Å². The molecule has 1 N–H and O–H groups in total. The number of carbonyl (C=O) groups excluding carboxylic acids is 2. The SMILES string of the molecule is Cn1c2c(c3cc(C(=O)N4CCC[C@H](CC(=O)OC(C)(C)C)C4)ccc31)C[C@H](C1CCOCC1)CC2.Cn1c2c(c3cc(C(=O)O)ccc31)C[C@H](C1CCOCC1)CC2. The molecule has 59 heavy (non-hydrogen) atoms. The van der Waals surface area contributed by atoms with Crippen LogP contribution < -0.4 is 0 Å². The molecule has 0 unspecified atom stereocenters. The number of benzene rings is 2. The summed E-state index contributed by atoms with van der Waals surface area (Å²) < 4.78 is 21.2. The summed E-state index contributed by atoms with van der Waals surface area (Å²) in [5.74, 6) is 2.16. The number of hydrogen-bond acceptors (Lipinski definition) is 6. The van der Waals surface area contributed by atoms with Crippen LogP contribution in [0.1, 0.15) is 122 Å². The summed E-state index contributed by atoms with van der Waals surface area (Å²) in [4.78, 5) is 39.2. The average Bonchev–Trinajstić information content (AvgIpc) is 3.68. The monoisotopic (exact) mass is 807 g/mol. The van der Waals surface area contributed by atoms with Gasteiger partial charge in [0.15, 0.2) is 0 Å². The minimum Gasteiger partial charge on any atom is -0.478 e. The van der Waals surface area contributed by atoms with Crippen LogP contribution in [-0.4, -0.2) is 82.1 Å². The van der Waals surface area contributed by atoms with Gasteiger partial charge in [0.25, 0.3) is 5.91 Å². The van der Waals surface area contributed by atoms with E-state index in [9.17, 15) is 19.5 Å². The summed E-state index contributed by atoms with van der Waals surface area (Å²) in [7, 11) is 4.28. The van der Waals surface area contributed by atoms with Gasteiger partial charge in [0.2, 0.25) is 0 Å². The highest BCUT2D eigenvalue weighted by Crippen LogP contribution is 2.41. The Balaban J connectivity index is 0.000000180. The van der Waals surface area contributed by atoms with Gasteiger partial charge >= 0.3 is 11.9 Å². The molecule has 2 aromatic carbocycles. The highest BCUT2D eigenvalue weighted by atomic mass is 16.6. The molecule has 10 heteroatoms. The number of carboxylic acids is 1. The lowest BCUT2D eigenvalue weighted by atomic mass is 9.75. The fourth-order valence-corrected chi connectivity index (χ4v) is 11.3. The number of nitrogens with zero attached hydrogens (tertiary/aromatic N) is 3. The fraction of sp³-hybridized carbons (Fsp3) is 0.612. The molecule has 9 rings (SSSR count). The lowest BCUT2D eigenvalue weighted by Crippen LogP contribution is -2.41. The molecule has 2 aliphatic carbocycles. The van der Waals surface area contributed by atoms with Gasteiger partial charge in [0.05, 0.1) is 12.0 Å². The van der Waals surface area contributed by atoms with Gasteiger partial charge in [-0.05, 0) is 175 Å². The van der Waals surface area contributed by atoms with Crippen molar-refractivity contribution < 1.29 is 33.7 Å². The van der Waals surface area contributed by atoms with Crippen molar-refractivity contribution >= 4 is 39.7 Å².